The van der Waals surface area contributed by atoms with E-state index >= 15 is 0 Å². The molecule has 2 rings (SSSR count). The Balaban J connectivity index is 2.06. The van der Waals surface area contributed by atoms with Crippen LogP contribution in [-0.4, -0.2) is 13.7 Å². The molecular formula is C16H16F3NO2. The van der Waals surface area contributed by atoms with Crippen molar-refractivity contribution in [2.75, 3.05) is 13.7 Å². The van der Waals surface area contributed by atoms with Crippen molar-refractivity contribution >= 4 is 0 Å². The summed E-state index contributed by atoms with van der Waals surface area (Å²) in [7, 11) is 1.55. The van der Waals surface area contributed by atoms with Gasteiger partial charge in [0, 0.05) is 0 Å². The summed E-state index contributed by atoms with van der Waals surface area (Å²) in [5, 5.41) is 0. The van der Waals surface area contributed by atoms with E-state index in [9.17, 15) is 13.2 Å². The van der Waals surface area contributed by atoms with Crippen LogP contribution in [0.2, 0.25) is 0 Å². The molecule has 0 radical (unpaired) electrons. The molecule has 1 unspecified atom stereocenters. The first-order valence-electron chi connectivity index (χ1n) is 6.60. The van der Waals surface area contributed by atoms with Crippen LogP contribution in [-0.2, 0) is 6.18 Å². The molecule has 0 amide bonds. The van der Waals surface area contributed by atoms with E-state index in [4.69, 9.17) is 15.2 Å². The molecule has 0 fully saturated rings. The molecule has 0 aliphatic carbocycles. The second-order valence-corrected chi connectivity index (χ2v) is 4.68. The molecule has 0 bridgehead atoms. The third-order valence-corrected chi connectivity index (χ3v) is 3.15. The average Bonchev–Trinajstić information content (AvgIpc) is 2.52. The number of nitrogens with two attached hydrogens (primary N) is 1. The second-order valence-electron chi connectivity index (χ2n) is 4.68. The topological polar surface area (TPSA) is 44.5 Å². The Morgan fingerprint density at radius 1 is 1.05 bits per heavy atom. The normalized spacial score (nSPS) is 12.8. The van der Waals surface area contributed by atoms with Gasteiger partial charge in [-0.25, -0.2) is 0 Å². The van der Waals surface area contributed by atoms with Crippen LogP contribution in [0.15, 0.2) is 48.5 Å². The Morgan fingerprint density at radius 2 is 1.68 bits per heavy atom. The average molecular weight is 311 g/mol. The van der Waals surface area contributed by atoms with Gasteiger partial charge in [-0.15, -0.1) is 0 Å². The second kappa shape index (κ2) is 6.70. The number of rotatable bonds is 5. The van der Waals surface area contributed by atoms with Crippen molar-refractivity contribution in [3.8, 4) is 11.5 Å². The lowest BCUT2D eigenvalue weighted by Gasteiger charge is -2.17. The van der Waals surface area contributed by atoms with E-state index in [1.165, 1.54) is 18.2 Å². The number of para-hydroxylation sites is 1. The predicted molar refractivity (Wildman–Crippen MR) is 76.9 cm³/mol. The van der Waals surface area contributed by atoms with E-state index < -0.39 is 17.8 Å². The van der Waals surface area contributed by atoms with Crippen LogP contribution in [0, 0.1) is 0 Å². The zero-order chi connectivity index (χ0) is 16.2. The van der Waals surface area contributed by atoms with Gasteiger partial charge in [0.15, 0.2) is 0 Å². The number of hydrogen-bond acceptors (Lipinski definition) is 3. The maximum atomic E-state index is 12.9. The van der Waals surface area contributed by atoms with Gasteiger partial charge in [0.25, 0.3) is 0 Å². The quantitative estimate of drug-likeness (QED) is 0.913. The maximum absolute atomic E-state index is 12.9. The Hall–Kier alpha value is -2.21. The molecule has 0 spiro atoms. The summed E-state index contributed by atoms with van der Waals surface area (Å²) in [5.41, 5.74) is 5.89. The predicted octanol–water partition coefficient (Wildman–Crippen LogP) is 3.79. The summed E-state index contributed by atoms with van der Waals surface area (Å²) >= 11 is 0. The van der Waals surface area contributed by atoms with Crippen LogP contribution in [0.1, 0.15) is 17.2 Å². The molecule has 0 saturated carbocycles. The van der Waals surface area contributed by atoms with Gasteiger partial charge in [0.2, 0.25) is 0 Å². The molecule has 22 heavy (non-hydrogen) atoms. The van der Waals surface area contributed by atoms with Crippen LogP contribution in [0.4, 0.5) is 13.2 Å². The summed E-state index contributed by atoms with van der Waals surface area (Å²) in [6, 6.07) is 11.5. The molecule has 3 nitrogen and oxygen atoms in total. The van der Waals surface area contributed by atoms with Crippen LogP contribution in [0.5, 0.6) is 11.5 Å². The van der Waals surface area contributed by atoms with Gasteiger partial charge >= 0.3 is 6.18 Å². The zero-order valence-electron chi connectivity index (χ0n) is 11.9. The van der Waals surface area contributed by atoms with Gasteiger partial charge in [-0.2, -0.15) is 13.2 Å². The van der Waals surface area contributed by atoms with Gasteiger partial charge in [0.1, 0.15) is 18.1 Å². The third kappa shape index (κ3) is 3.92. The Labute approximate surface area is 126 Å². The van der Waals surface area contributed by atoms with Crippen LogP contribution >= 0.6 is 0 Å². The Morgan fingerprint density at radius 3 is 2.27 bits per heavy atom. The van der Waals surface area contributed by atoms with Crippen molar-refractivity contribution in [3.05, 3.63) is 59.7 Å². The fraction of sp³-hybridized carbons (Fsp3) is 0.250. The van der Waals surface area contributed by atoms with E-state index in [1.807, 2.05) is 0 Å². The smallest absolute Gasteiger partial charge is 0.419 e. The van der Waals surface area contributed by atoms with Crippen LogP contribution in [0.25, 0.3) is 0 Å². The monoisotopic (exact) mass is 311 g/mol. The molecule has 2 aromatic carbocycles. The molecule has 0 heterocycles. The van der Waals surface area contributed by atoms with E-state index in [2.05, 4.69) is 0 Å². The number of benzene rings is 2. The maximum Gasteiger partial charge on any atom is 0.419 e. The minimum absolute atomic E-state index is 0.0561. The summed E-state index contributed by atoms with van der Waals surface area (Å²) in [5.74, 6) is 0.457. The molecule has 2 aromatic rings. The highest BCUT2D eigenvalue weighted by atomic mass is 19.4. The molecule has 6 heteroatoms. The van der Waals surface area contributed by atoms with Gasteiger partial charge < -0.3 is 15.2 Å². The van der Waals surface area contributed by atoms with Crippen molar-refractivity contribution in [2.45, 2.75) is 12.2 Å². The number of halogens is 3. The first-order chi connectivity index (χ1) is 10.4. The fourth-order valence-electron chi connectivity index (χ4n) is 1.95. The Bertz CT molecular complexity index is 612. The third-order valence-electron chi connectivity index (χ3n) is 3.15. The Kier molecular flexibility index (Phi) is 4.92. The standard InChI is InChI=1S/C16H16F3NO2/c1-21-12-8-6-11(7-9-12)14(20)10-22-15-5-3-2-4-13(15)16(17,18)19/h2-9,14H,10,20H2,1H3. The summed E-state index contributed by atoms with van der Waals surface area (Å²) < 4.78 is 48.9. The highest BCUT2D eigenvalue weighted by Crippen LogP contribution is 2.36. The minimum atomic E-state index is -4.46. The van der Waals surface area contributed by atoms with Crippen molar-refractivity contribution < 1.29 is 22.6 Å². The molecule has 118 valence electrons. The first kappa shape index (κ1) is 16.2. The minimum Gasteiger partial charge on any atom is -0.497 e. The van der Waals surface area contributed by atoms with E-state index in [0.29, 0.717) is 5.75 Å². The number of alkyl halides is 3. The zero-order valence-corrected chi connectivity index (χ0v) is 11.9. The largest absolute Gasteiger partial charge is 0.497 e. The highest BCUT2D eigenvalue weighted by molar-refractivity contribution is 5.36. The van der Waals surface area contributed by atoms with Gasteiger partial charge in [-0.05, 0) is 29.8 Å². The first-order valence-corrected chi connectivity index (χ1v) is 6.60. The number of hydrogen-bond donors (Lipinski definition) is 1. The molecule has 0 aromatic heterocycles. The van der Waals surface area contributed by atoms with Crippen molar-refractivity contribution in [2.24, 2.45) is 5.73 Å². The summed E-state index contributed by atoms with van der Waals surface area (Å²) in [6.45, 7) is -0.0561. The molecular weight excluding hydrogens is 295 g/mol. The van der Waals surface area contributed by atoms with Gasteiger partial charge in [-0.3, -0.25) is 0 Å². The van der Waals surface area contributed by atoms with Crippen molar-refractivity contribution in [1.82, 2.24) is 0 Å². The van der Waals surface area contributed by atoms with Crippen LogP contribution in [0.3, 0.4) is 0 Å². The summed E-state index contributed by atoms with van der Waals surface area (Å²) in [4.78, 5) is 0. The van der Waals surface area contributed by atoms with E-state index in [0.717, 1.165) is 11.6 Å². The fourth-order valence-corrected chi connectivity index (χ4v) is 1.95. The lowest BCUT2D eigenvalue weighted by atomic mass is 10.1. The molecule has 1 atom stereocenters. The van der Waals surface area contributed by atoms with Crippen molar-refractivity contribution in [3.63, 3.8) is 0 Å². The SMILES string of the molecule is COc1ccc(C(N)COc2ccccc2C(F)(F)F)cc1. The lowest BCUT2D eigenvalue weighted by Crippen LogP contribution is -2.20. The van der Waals surface area contributed by atoms with E-state index in [1.54, 1.807) is 31.4 Å². The van der Waals surface area contributed by atoms with Gasteiger partial charge in [-0.1, -0.05) is 24.3 Å². The van der Waals surface area contributed by atoms with E-state index in [-0.39, 0.29) is 12.4 Å². The van der Waals surface area contributed by atoms with Crippen LogP contribution < -0.4 is 15.2 Å². The molecule has 0 aliphatic rings. The van der Waals surface area contributed by atoms with Gasteiger partial charge in [0.05, 0.1) is 18.7 Å². The molecule has 0 aliphatic heterocycles. The lowest BCUT2D eigenvalue weighted by molar-refractivity contribution is -0.139. The number of methoxy groups -OCH3 is 1. The van der Waals surface area contributed by atoms with Crippen molar-refractivity contribution in [1.29, 1.82) is 0 Å². The summed E-state index contributed by atoms with van der Waals surface area (Å²) in [6.07, 6.45) is -4.46. The highest BCUT2D eigenvalue weighted by Gasteiger charge is 2.34. The molecule has 0 saturated heterocycles. The number of ether oxygens (including phenoxy) is 2. The molecule has 2 N–H and O–H groups in total.